The lowest BCUT2D eigenvalue weighted by molar-refractivity contribution is 0.0809. The first-order valence-electron chi connectivity index (χ1n) is 8.53. The highest BCUT2D eigenvalue weighted by molar-refractivity contribution is 5.38. The van der Waals surface area contributed by atoms with Crippen LogP contribution in [0.5, 0.6) is 0 Å². The molecule has 128 valence electrons. The molecule has 0 bridgehead atoms. The Morgan fingerprint density at radius 3 is 2.64 bits per heavy atom. The summed E-state index contributed by atoms with van der Waals surface area (Å²) in [4.78, 5) is 11.1. The van der Waals surface area contributed by atoms with Gasteiger partial charge in [-0.25, -0.2) is 4.98 Å². The van der Waals surface area contributed by atoms with Gasteiger partial charge in [0.1, 0.15) is 5.82 Å². The SMILES string of the molecule is c1ccc(COC[C@@H]2CN(c3ccccn3)Cc3ccnn3C2)nc1. The van der Waals surface area contributed by atoms with Gasteiger partial charge in [0.2, 0.25) is 0 Å². The zero-order valence-corrected chi connectivity index (χ0v) is 14.0. The molecular formula is C19H21N5O. The second-order valence-electron chi connectivity index (χ2n) is 6.28. The summed E-state index contributed by atoms with van der Waals surface area (Å²) in [7, 11) is 0. The van der Waals surface area contributed by atoms with Gasteiger partial charge in [-0.15, -0.1) is 0 Å². The van der Waals surface area contributed by atoms with Gasteiger partial charge in [-0.05, 0) is 30.3 Å². The van der Waals surface area contributed by atoms with Crippen LogP contribution < -0.4 is 4.90 Å². The molecule has 4 heterocycles. The van der Waals surface area contributed by atoms with Gasteiger partial charge in [0.25, 0.3) is 0 Å². The fraction of sp³-hybridized carbons (Fsp3) is 0.316. The van der Waals surface area contributed by atoms with Crippen molar-refractivity contribution < 1.29 is 4.74 Å². The lowest BCUT2D eigenvalue weighted by Crippen LogP contribution is -2.30. The van der Waals surface area contributed by atoms with Gasteiger partial charge >= 0.3 is 0 Å². The molecular weight excluding hydrogens is 314 g/mol. The number of hydrogen-bond acceptors (Lipinski definition) is 5. The van der Waals surface area contributed by atoms with E-state index in [0.29, 0.717) is 19.1 Å². The summed E-state index contributed by atoms with van der Waals surface area (Å²) in [6, 6.07) is 14.0. The Balaban J connectivity index is 1.45. The van der Waals surface area contributed by atoms with Gasteiger partial charge in [-0.3, -0.25) is 9.67 Å². The predicted octanol–water partition coefficient (Wildman–Crippen LogP) is 2.53. The van der Waals surface area contributed by atoms with Crippen LogP contribution in [0.25, 0.3) is 0 Å². The Kier molecular flexibility index (Phi) is 4.70. The van der Waals surface area contributed by atoms with Gasteiger partial charge in [0.15, 0.2) is 0 Å². The quantitative estimate of drug-likeness (QED) is 0.717. The summed E-state index contributed by atoms with van der Waals surface area (Å²) >= 11 is 0. The van der Waals surface area contributed by atoms with Crippen LogP contribution in [0.3, 0.4) is 0 Å². The lowest BCUT2D eigenvalue weighted by Gasteiger charge is -2.24. The van der Waals surface area contributed by atoms with Crippen molar-refractivity contribution in [2.75, 3.05) is 18.1 Å². The molecule has 25 heavy (non-hydrogen) atoms. The molecule has 1 aliphatic heterocycles. The maximum Gasteiger partial charge on any atom is 0.128 e. The third kappa shape index (κ3) is 3.85. The molecule has 4 rings (SSSR count). The lowest BCUT2D eigenvalue weighted by atomic mass is 10.1. The largest absolute Gasteiger partial charge is 0.375 e. The van der Waals surface area contributed by atoms with E-state index in [1.807, 2.05) is 42.7 Å². The Morgan fingerprint density at radius 1 is 0.960 bits per heavy atom. The first-order valence-corrected chi connectivity index (χ1v) is 8.53. The highest BCUT2D eigenvalue weighted by atomic mass is 16.5. The van der Waals surface area contributed by atoms with Crippen molar-refractivity contribution in [2.24, 2.45) is 5.92 Å². The Hall–Kier alpha value is -2.73. The van der Waals surface area contributed by atoms with Crippen molar-refractivity contribution >= 4 is 5.82 Å². The molecule has 0 aromatic carbocycles. The van der Waals surface area contributed by atoms with Gasteiger partial charge in [-0.1, -0.05) is 12.1 Å². The molecule has 0 unspecified atom stereocenters. The van der Waals surface area contributed by atoms with Crippen LogP contribution in [-0.2, 0) is 24.4 Å². The molecule has 6 heteroatoms. The normalized spacial score (nSPS) is 17.1. The topological polar surface area (TPSA) is 56.1 Å². The van der Waals surface area contributed by atoms with E-state index in [2.05, 4.69) is 36.8 Å². The molecule has 3 aromatic heterocycles. The van der Waals surface area contributed by atoms with Gasteiger partial charge in [0, 0.05) is 37.6 Å². The zero-order chi connectivity index (χ0) is 16.9. The van der Waals surface area contributed by atoms with Crippen LogP contribution in [0.15, 0.2) is 61.1 Å². The Bertz CT molecular complexity index is 790. The number of rotatable bonds is 5. The number of aromatic nitrogens is 4. The fourth-order valence-corrected chi connectivity index (χ4v) is 3.17. The van der Waals surface area contributed by atoms with Crippen molar-refractivity contribution in [1.29, 1.82) is 0 Å². The monoisotopic (exact) mass is 335 g/mol. The second kappa shape index (κ2) is 7.44. The van der Waals surface area contributed by atoms with E-state index in [1.54, 1.807) is 6.20 Å². The number of pyridine rings is 2. The summed E-state index contributed by atoms with van der Waals surface area (Å²) in [5.74, 6) is 1.33. The molecule has 0 saturated carbocycles. The van der Waals surface area contributed by atoms with E-state index in [1.165, 1.54) is 5.69 Å². The summed E-state index contributed by atoms with van der Waals surface area (Å²) < 4.78 is 8.02. The van der Waals surface area contributed by atoms with Crippen molar-refractivity contribution in [1.82, 2.24) is 19.7 Å². The van der Waals surface area contributed by atoms with E-state index in [0.717, 1.165) is 31.1 Å². The Morgan fingerprint density at radius 2 is 1.84 bits per heavy atom. The van der Waals surface area contributed by atoms with Gasteiger partial charge in [0.05, 0.1) is 31.1 Å². The molecule has 0 spiro atoms. The van der Waals surface area contributed by atoms with Crippen LogP contribution in [0.4, 0.5) is 5.82 Å². The maximum absolute atomic E-state index is 5.94. The van der Waals surface area contributed by atoms with Crippen LogP contribution >= 0.6 is 0 Å². The van der Waals surface area contributed by atoms with Crippen LogP contribution in [-0.4, -0.2) is 32.9 Å². The fourth-order valence-electron chi connectivity index (χ4n) is 3.17. The molecule has 0 radical (unpaired) electrons. The average Bonchev–Trinajstić information content (AvgIpc) is 3.02. The minimum Gasteiger partial charge on any atom is -0.375 e. The van der Waals surface area contributed by atoms with E-state index in [-0.39, 0.29) is 0 Å². The minimum absolute atomic E-state index is 0.340. The Labute approximate surface area is 147 Å². The minimum atomic E-state index is 0.340. The number of ether oxygens (including phenoxy) is 1. The smallest absolute Gasteiger partial charge is 0.128 e. The van der Waals surface area contributed by atoms with Crippen molar-refractivity contribution in [3.63, 3.8) is 0 Å². The molecule has 0 fully saturated rings. The molecule has 3 aromatic rings. The van der Waals surface area contributed by atoms with Crippen molar-refractivity contribution in [2.45, 2.75) is 19.7 Å². The third-order valence-corrected chi connectivity index (χ3v) is 4.37. The molecule has 0 amide bonds. The van der Waals surface area contributed by atoms with Crippen molar-refractivity contribution in [3.8, 4) is 0 Å². The average molecular weight is 335 g/mol. The van der Waals surface area contributed by atoms with Crippen LogP contribution in [0, 0.1) is 5.92 Å². The first kappa shape index (κ1) is 15.8. The number of nitrogens with zero attached hydrogens (tertiary/aromatic N) is 5. The number of hydrogen-bond donors (Lipinski definition) is 0. The van der Waals surface area contributed by atoms with E-state index < -0.39 is 0 Å². The highest BCUT2D eigenvalue weighted by Crippen LogP contribution is 2.21. The molecule has 0 aliphatic carbocycles. The molecule has 0 N–H and O–H groups in total. The van der Waals surface area contributed by atoms with Crippen molar-refractivity contribution in [3.05, 3.63) is 72.4 Å². The molecule has 6 nitrogen and oxygen atoms in total. The molecule has 1 atom stereocenters. The maximum atomic E-state index is 5.94. The van der Waals surface area contributed by atoms with E-state index in [9.17, 15) is 0 Å². The second-order valence-corrected chi connectivity index (χ2v) is 6.28. The number of anilines is 1. The summed E-state index contributed by atoms with van der Waals surface area (Å²) in [5.41, 5.74) is 2.16. The van der Waals surface area contributed by atoms with Crippen LogP contribution in [0.1, 0.15) is 11.4 Å². The van der Waals surface area contributed by atoms with E-state index >= 15 is 0 Å². The van der Waals surface area contributed by atoms with Crippen LogP contribution in [0.2, 0.25) is 0 Å². The third-order valence-electron chi connectivity index (χ3n) is 4.37. The summed E-state index contributed by atoms with van der Waals surface area (Å²) in [5, 5.41) is 4.46. The highest BCUT2D eigenvalue weighted by Gasteiger charge is 2.23. The standard InChI is InChI=1S/C19H21N5O/c1-3-8-20-17(5-1)15-25-14-16-11-23(19-6-2-4-9-21-19)13-18-7-10-22-24(18)12-16/h1-10,16H,11-15H2/t16-/m1/s1. The summed E-state index contributed by atoms with van der Waals surface area (Å²) in [6.07, 6.45) is 5.50. The number of fused-ring (bicyclic) bond motifs is 1. The molecule has 1 aliphatic rings. The van der Waals surface area contributed by atoms with E-state index in [4.69, 9.17) is 4.74 Å². The predicted molar refractivity (Wildman–Crippen MR) is 94.9 cm³/mol. The molecule has 0 saturated heterocycles. The first-order chi connectivity index (χ1) is 12.4. The van der Waals surface area contributed by atoms with Gasteiger partial charge < -0.3 is 9.64 Å². The zero-order valence-electron chi connectivity index (χ0n) is 14.0. The van der Waals surface area contributed by atoms with Gasteiger partial charge in [-0.2, -0.15) is 5.10 Å². The summed E-state index contributed by atoms with van der Waals surface area (Å²) in [6.45, 7) is 3.76.